The van der Waals surface area contributed by atoms with Gasteiger partial charge in [0.05, 0.1) is 24.7 Å². The maximum Gasteiger partial charge on any atom is 0.296 e. The predicted octanol–water partition coefficient (Wildman–Crippen LogP) is 3.80. The van der Waals surface area contributed by atoms with Crippen LogP contribution in [0.5, 0.6) is 0 Å². The third-order valence-electron chi connectivity index (χ3n) is 6.30. The monoisotopic (exact) mass is 380 g/mol. The minimum atomic E-state index is -3.68. The van der Waals surface area contributed by atoms with Crippen molar-refractivity contribution >= 4 is 10.1 Å². The van der Waals surface area contributed by atoms with Crippen LogP contribution in [0.25, 0.3) is 0 Å². The van der Waals surface area contributed by atoms with E-state index in [9.17, 15) is 8.42 Å². The average molecular weight is 381 g/mol. The van der Waals surface area contributed by atoms with Crippen molar-refractivity contribution in [2.75, 3.05) is 19.8 Å². The van der Waals surface area contributed by atoms with Crippen molar-refractivity contribution in [3.8, 4) is 0 Å². The molecule has 0 N–H and O–H groups in total. The van der Waals surface area contributed by atoms with Gasteiger partial charge in [0.1, 0.15) is 0 Å². The zero-order chi connectivity index (χ0) is 18.3. The molecule has 1 heterocycles. The topological polar surface area (TPSA) is 61.8 Å². The highest BCUT2D eigenvalue weighted by Crippen LogP contribution is 2.55. The molecule has 2 spiro atoms. The van der Waals surface area contributed by atoms with Crippen LogP contribution < -0.4 is 0 Å². The Bertz CT molecular complexity index is 736. The van der Waals surface area contributed by atoms with E-state index in [4.69, 9.17) is 13.7 Å². The lowest BCUT2D eigenvalue weighted by Crippen LogP contribution is -2.41. The third kappa shape index (κ3) is 3.70. The molecule has 2 atom stereocenters. The summed E-state index contributed by atoms with van der Waals surface area (Å²) < 4.78 is 42.1. The van der Waals surface area contributed by atoms with Crippen LogP contribution >= 0.6 is 0 Å². The van der Waals surface area contributed by atoms with Gasteiger partial charge >= 0.3 is 0 Å². The fourth-order valence-corrected chi connectivity index (χ4v) is 6.02. The summed E-state index contributed by atoms with van der Waals surface area (Å²) in [4.78, 5) is 0.236. The molecule has 144 valence electrons. The lowest BCUT2D eigenvalue weighted by molar-refractivity contribution is -0.201. The largest absolute Gasteiger partial charge is 0.348 e. The molecule has 26 heavy (non-hydrogen) atoms. The predicted molar refractivity (Wildman–Crippen MR) is 97.2 cm³/mol. The lowest BCUT2D eigenvalue weighted by Gasteiger charge is -2.43. The van der Waals surface area contributed by atoms with Gasteiger partial charge in [-0.15, -0.1) is 0 Å². The van der Waals surface area contributed by atoms with Gasteiger partial charge in [0.2, 0.25) is 0 Å². The minimum Gasteiger partial charge on any atom is -0.348 e. The SMILES string of the molecule is Cc1ccc(S(=O)(=O)OC[C@H]2CC[C@@]3(CCCC4(C3)OCCO4)C2)cc1. The Kier molecular flexibility index (Phi) is 4.88. The van der Waals surface area contributed by atoms with Gasteiger partial charge in [0.25, 0.3) is 10.1 Å². The Balaban J connectivity index is 1.36. The molecule has 3 aliphatic rings. The van der Waals surface area contributed by atoms with Crippen LogP contribution in [0.4, 0.5) is 0 Å². The van der Waals surface area contributed by atoms with E-state index >= 15 is 0 Å². The van der Waals surface area contributed by atoms with Gasteiger partial charge in [-0.2, -0.15) is 8.42 Å². The van der Waals surface area contributed by atoms with E-state index in [1.54, 1.807) is 24.3 Å². The van der Waals surface area contributed by atoms with Crippen molar-refractivity contribution in [1.82, 2.24) is 0 Å². The summed E-state index contributed by atoms with van der Waals surface area (Å²) in [6.45, 7) is 3.59. The normalized spacial score (nSPS) is 31.0. The van der Waals surface area contributed by atoms with Crippen LogP contribution in [0, 0.1) is 18.3 Å². The first-order chi connectivity index (χ1) is 12.4. The highest BCUT2D eigenvalue weighted by Gasteiger charge is 2.51. The molecule has 0 bridgehead atoms. The molecule has 6 heteroatoms. The van der Waals surface area contributed by atoms with Crippen LogP contribution in [0.2, 0.25) is 0 Å². The molecule has 0 aromatic heterocycles. The maximum absolute atomic E-state index is 12.4. The molecule has 0 radical (unpaired) electrons. The van der Waals surface area contributed by atoms with Gasteiger partial charge in [-0.05, 0) is 62.5 Å². The van der Waals surface area contributed by atoms with E-state index in [0.29, 0.717) is 13.2 Å². The first kappa shape index (κ1) is 18.4. The summed E-state index contributed by atoms with van der Waals surface area (Å²) >= 11 is 0. The van der Waals surface area contributed by atoms with Crippen LogP contribution in [-0.2, 0) is 23.8 Å². The molecule has 0 unspecified atom stereocenters. The summed E-state index contributed by atoms with van der Waals surface area (Å²) in [5.41, 5.74) is 1.26. The number of hydrogen-bond donors (Lipinski definition) is 0. The van der Waals surface area contributed by atoms with E-state index in [2.05, 4.69) is 0 Å². The van der Waals surface area contributed by atoms with E-state index in [1.165, 1.54) is 6.42 Å². The molecule has 3 fully saturated rings. The standard InChI is InChI=1S/C20H28O5S/c1-16-3-5-18(6-4-16)26(21,22)25-14-17-7-10-19(13-17)8-2-9-20(15-19)23-11-12-24-20/h3-6,17H,2,7-15H2,1H3/t17-,19-/m0/s1. The van der Waals surface area contributed by atoms with E-state index in [0.717, 1.165) is 44.1 Å². The second kappa shape index (κ2) is 6.89. The van der Waals surface area contributed by atoms with Crippen LogP contribution in [0.15, 0.2) is 29.2 Å². The highest BCUT2D eigenvalue weighted by atomic mass is 32.2. The first-order valence-electron chi connectivity index (χ1n) is 9.65. The fraction of sp³-hybridized carbons (Fsp3) is 0.700. The van der Waals surface area contributed by atoms with E-state index < -0.39 is 10.1 Å². The molecule has 1 aromatic carbocycles. The van der Waals surface area contributed by atoms with Crippen molar-refractivity contribution in [3.05, 3.63) is 29.8 Å². The van der Waals surface area contributed by atoms with Crippen molar-refractivity contribution in [2.45, 2.75) is 62.6 Å². The Labute approximate surface area is 156 Å². The van der Waals surface area contributed by atoms with E-state index in [-0.39, 0.29) is 28.6 Å². The van der Waals surface area contributed by atoms with Gasteiger partial charge in [-0.1, -0.05) is 17.7 Å². The molecule has 0 amide bonds. The Hall–Kier alpha value is -0.950. The van der Waals surface area contributed by atoms with Crippen molar-refractivity contribution < 1.29 is 22.1 Å². The molecular formula is C20H28O5S. The second-order valence-electron chi connectivity index (χ2n) is 8.30. The van der Waals surface area contributed by atoms with Gasteiger partial charge in [0, 0.05) is 12.8 Å². The average Bonchev–Trinajstić information content (AvgIpc) is 3.21. The fourth-order valence-electron chi connectivity index (χ4n) is 5.04. The van der Waals surface area contributed by atoms with Gasteiger partial charge in [-0.3, -0.25) is 4.18 Å². The van der Waals surface area contributed by atoms with Gasteiger partial charge in [-0.25, -0.2) is 0 Å². The summed E-state index contributed by atoms with van der Waals surface area (Å²) in [6.07, 6.45) is 7.36. The smallest absolute Gasteiger partial charge is 0.296 e. The van der Waals surface area contributed by atoms with Crippen LogP contribution in [-0.4, -0.2) is 34.0 Å². The second-order valence-corrected chi connectivity index (χ2v) is 9.91. The summed E-state index contributed by atoms with van der Waals surface area (Å²) in [6, 6.07) is 6.81. The van der Waals surface area contributed by atoms with Crippen molar-refractivity contribution in [2.24, 2.45) is 11.3 Å². The minimum absolute atomic E-state index is 0.226. The maximum atomic E-state index is 12.4. The quantitative estimate of drug-likeness (QED) is 0.744. The lowest BCUT2D eigenvalue weighted by atomic mass is 9.70. The van der Waals surface area contributed by atoms with Crippen LogP contribution in [0.3, 0.4) is 0 Å². The molecule has 5 nitrogen and oxygen atoms in total. The molecule has 4 rings (SSSR count). The summed E-state index contributed by atoms with van der Waals surface area (Å²) in [5, 5.41) is 0. The zero-order valence-corrected chi connectivity index (χ0v) is 16.2. The molecular weight excluding hydrogens is 352 g/mol. The number of aryl methyl sites for hydroxylation is 1. The number of benzene rings is 1. The molecule has 2 saturated carbocycles. The number of ether oxygens (including phenoxy) is 2. The van der Waals surface area contributed by atoms with Crippen molar-refractivity contribution in [3.63, 3.8) is 0 Å². The van der Waals surface area contributed by atoms with Crippen LogP contribution in [0.1, 0.15) is 50.5 Å². The third-order valence-corrected chi connectivity index (χ3v) is 7.59. The van der Waals surface area contributed by atoms with Gasteiger partial charge in [0.15, 0.2) is 5.79 Å². The Morgan fingerprint density at radius 2 is 1.85 bits per heavy atom. The summed E-state index contributed by atoms with van der Waals surface area (Å²) in [7, 11) is -3.68. The number of rotatable bonds is 4. The molecule has 1 saturated heterocycles. The first-order valence-corrected chi connectivity index (χ1v) is 11.1. The zero-order valence-electron chi connectivity index (χ0n) is 15.4. The molecule has 1 aliphatic heterocycles. The summed E-state index contributed by atoms with van der Waals surface area (Å²) in [5.74, 6) is -0.0890. The molecule has 2 aliphatic carbocycles. The molecule has 1 aromatic rings. The number of hydrogen-bond acceptors (Lipinski definition) is 5. The van der Waals surface area contributed by atoms with Crippen molar-refractivity contribution in [1.29, 1.82) is 0 Å². The van der Waals surface area contributed by atoms with Gasteiger partial charge < -0.3 is 9.47 Å². The van der Waals surface area contributed by atoms with E-state index in [1.807, 2.05) is 6.92 Å². The highest BCUT2D eigenvalue weighted by molar-refractivity contribution is 7.86. The Morgan fingerprint density at radius 3 is 2.58 bits per heavy atom. The Morgan fingerprint density at radius 1 is 1.12 bits per heavy atom.